The van der Waals surface area contributed by atoms with Crippen LogP contribution in [0.25, 0.3) is 0 Å². The molecule has 8 nitrogen and oxygen atoms in total. The summed E-state index contributed by atoms with van der Waals surface area (Å²) in [5, 5.41) is 5.61. The predicted octanol–water partition coefficient (Wildman–Crippen LogP) is -0.748. The third-order valence-electron chi connectivity index (χ3n) is 4.80. The van der Waals surface area contributed by atoms with Gasteiger partial charge >= 0.3 is 0 Å². The van der Waals surface area contributed by atoms with Crippen molar-refractivity contribution in [2.24, 2.45) is 0 Å². The van der Waals surface area contributed by atoms with Gasteiger partial charge in [-0.3, -0.25) is 19.7 Å². The van der Waals surface area contributed by atoms with Crippen molar-refractivity contribution in [2.45, 2.75) is 25.4 Å². The van der Waals surface area contributed by atoms with Gasteiger partial charge in [-0.15, -0.1) is 0 Å². The van der Waals surface area contributed by atoms with Crippen LogP contribution >= 0.6 is 0 Å². The van der Waals surface area contributed by atoms with E-state index in [9.17, 15) is 14.4 Å². The molecular formula is C16H19N5O3. The van der Waals surface area contributed by atoms with Gasteiger partial charge < -0.3 is 15.1 Å². The average molecular weight is 329 g/mol. The highest BCUT2D eigenvalue weighted by Gasteiger charge is 2.39. The normalized spacial score (nSPS) is 24.2. The minimum absolute atomic E-state index is 0.182. The van der Waals surface area contributed by atoms with Crippen molar-refractivity contribution in [1.82, 2.24) is 20.5 Å². The number of pyridine rings is 1. The van der Waals surface area contributed by atoms with Crippen LogP contribution in [0.1, 0.15) is 28.9 Å². The summed E-state index contributed by atoms with van der Waals surface area (Å²) in [6, 6.07) is 3.08. The molecule has 2 N–H and O–H groups in total. The lowest BCUT2D eigenvalue weighted by Crippen LogP contribution is -2.52. The van der Waals surface area contributed by atoms with E-state index >= 15 is 0 Å². The largest absolute Gasteiger partial charge is 0.354 e. The minimum Gasteiger partial charge on any atom is -0.354 e. The maximum Gasteiger partial charge on any atom is 0.256 e. The Morgan fingerprint density at radius 1 is 1.12 bits per heavy atom. The Hall–Kier alpha value is -2.48. The van der Waals surface area contributed by atoms with E-state index < -0.39 is 11.9 Å². The Morgan fingerprint density at radius 2 is 1.92 bits per heavy atom. The summed E-state index contributed by atoms with van der Waals surface area (Å²) >= 11 is 0. The van der Waals surface area contributed by atoms with Crippen molar-refractivity contribution in [3.05, 3.63) is 23.4 Å². The van der Waals surface area contributed by atoms with Crippen molar-refractivity contribution in [3.8, 4) is 0 Å². The van der Waals surface area contributed by atoms with Gasteiger partial charge in [-0.25, -0.2) is 4.98 Å². The molecule has 0 aromatic carbocycles. The number of hydrogen-bond donors (Lipinski definition) is 2. The van der Waals surface area contributed by atoms with Crippen molar-refractivity contribution < 1.29 is 14.4 Å². The van der Waals surface area contributed by atoms with Crippen LogP contribution in [0.4, 0.5) is 5.82 Å². The Kier molecular flexibility index (Phi) is 3.68. The van der Waals surface area contributed by atoms with Crippen LogP contribution in [0.3, 0.4) is 0 Å². The van der Waals surface area contributed by atoms with E-state index in [2.05, 4.69) is 20.5 Å². The molecule has 0 aliphatic carbocycles. The Labute approximate surface area is 139 Å². The summed E-state index contributed by atoms with van der Waals surface area (Å²) in [6.07, 6.45) is 0.630. The molecule has 0 bridgehead atoms. The zero-order chi connectivity index (χ0) is 16.7. The van der Waals surface area contributed by atoms with Crippen LogP contribution in [0.2, 0.25) is 0 Å². The number of carbonyl (C=O) groups excluding carboxylic acids is 3. The van der Waals surface area contributed by atoms with Gasteiger partial charge in [-0.1, -0.05) is 0 Å². The monoisotopic (exact) mass is 329 g/mol. The first-order chi connectivity index (χ1) is 11.6. The van der Waals surface area contributed by atoms with Gasteiger partial charge in [-0.05, 0) is 18.6 Å². The molecule has 1 aromatic rings. The second-order valence-corrected chi connectivity index (χ2v) is 6.30. The first-order valence-electron chi connectivity index (χ1n) is 8.24. The van der Waals surface area contributed by atoms with Gasteiger partial charge in [0.2, 0.25) is 11.8 Å². The third-order valence-corrected chi connectivity index (χ3v) is 4.80. The summed E-state index contributed by atoms with van der Waals surface area (Å²) < 4.78 is 0. The molecule has 4 rings (SSSR count). The molecule has 2 saturated heterocycles. The molecule has 126 valence electrons. The summed E-state index contributed by atoms with van der Waals surface area (Å²) in [7, 11) is 0. The summed E-state index contributed by atoms with van der Waals surface area (Å²) in [5.74, 6) is 0.0151. The lowest BCUT2D eigenvalue weighted by molar-refractivity contribution is -0.136. The highest BCUT2D eigenvalue weighted by Crippen LogP contribution is 2.28. The average Bonchev–Trinajstić information content (AvgIpc) is 2.92. The molecule has 4 heterocycles. The molecule has 2 fully saturated rings. The summed E-state index contributed by atoms with van der Waals surface area (Å²) in [4.78, 5) is 44.3. The smallest absolute Gasteiger partial charge is 0.256 e. The molecule has 1 aromatic heterocycles. The second kappa shape index (κ2) is 5.86. The maximum atomic E-state index is 12.6. The van der Waals surface area contributed by atoms with Gasteiger partial charge in [0.05, 0.1) is 17.8 Å². The van der Waals surface area contributed by atoms with Gasteiger partial charge in [0, 0.05) is 32.6 Å². The molecule has 3 amide bonds. The minimum atomic E-state index is -0.591. The SMILES string of the molecule is O=C1CCC(N2Cc3nc(N4CCNCC4)ccc3C2=O)C(=O)N1. The Bertz CT molecular complexity index is 714. The van der Waals surface area contributed by atoms with Crippen LogP contribution in [-0.2, 0) is 16.1 Å². The molecule has 0 saturated carbocycles. The Morgan fingerprint density at radius 3 is 2.67 bits per heavy atom. The molecule has 0 spiro atoms. The standard InChI is InChI=1S/C16H19N5O3/c22-14-4-2-12(15(23)19-14)21-9-11-10(16(21)24)1-3-13(18-11)20-7-5-17-6-8-20/h1,3,12,17H,2,4-9H2,(H,19,22,23). The van der Waals surface area contributed by atoms with E-state index in [1.807, 2.05) is 6.07 Å². The molecule has 24 heavy (non-hydrogen) atoms. The fraction of sp³-hybridized carbons (Fsp3) is 0.500. The molecule has 1 unspecified atom stereocenters. The van der Waals surface area contributed by atoms with E-state index in [4.69, 9.17) is 0 Å². The first kappa shape index (κ1) is 15.1. The molecular weight excluding hydrogens is 310 g/mol. The van der Waals surface area contributed by atoms with E-state index in [1.54, 1.807) is 6.07 Å². The third kappa shape index (κ3) is 2.52. The number of rotatable bonds is 2. The molecule has 3 aliphatic heterocycles. The number of carbonyl (C=O) groups is 3. The van der Waals surface area contributed by atoms with Crippen LogP contribution in [0.15, 0.2) is 12.1 Å². The fourth-order valence-electron chi connectivity index (χ4n) is 3.49. The lowest BCUT2D eigenvalue weighted by atomic mass is 10.0. The fourth-order valence-corrected chi connectivity index (χ4v) is 3.49. The topological polar surface area (TPSA) is 94.6 Å². The predicted molar refractivity (Wildman–Crippen MR) is 85.4 cm³/mol. The van der Waals surface area contributed by atoms with E-state index in [0.717, 1.165) is 32.0 Å². The molecule has 1 atom stereocenters. The lowest BCUT2D eigenvalue weighted by Gasteiger charge is -2.29. The number of nitrogens with one attached hydrogen (secondary N) is 2. The first-order valence-corrected chi connectivity index (χ1v) is 8.24. The summed E-state index contributed by atoms with van der Waals surface area (Å²) in [5.41, 5.74) is 1.26. The van der Waals surface area contributed by atoms with E-state index in [0.29, 0.717) is 24.2 Å². The van der Waals surface area contributed by atoms with Crippen LogP contribution in [-0.4, -0.2) is 59.8 Å². The van der Waals surface area contributed by atoms with Crippen molar-refractivity contribution >= 4 is 23.5 Å². The van der Waals surface area contributed by atoms with Crippen molar-refractivity contribution in [3.63, 3.8) is 0 Å². The maximum absolute atomic E-state index is 12.6. The summed E-state index contributed by atoms with van der Waals surface area (Å²) in [6.45, 7) is 3.92. The van der Waals surface area contributed by atoms with Crippen LogP contribution in [0, 0.1) is 0 Å². The van der Waals surface area contributed by atoms with E-state index in [-0.39, 0.29) is 18.2 Å². The van der Waals surface area contributed by atoms with Gasteiger partial charge in [-0.2, -0.15) is 0 Å². The number of hydrogen-bond acceptors (Lipinski definition) is 6. The number of anilines is 1. The molecule has 0 radical (unpaired) electrons. The number of imide groups is 1. The molecule has 8 heteroatoms. The highest BCUT2D eigenvalue weighted by molar-refractivity contribution is 6.05. The van der Waals surface area contributed by atoms with Gasteiger partial charge in [0.1, 0.15) is 11.9 Å². The number of piperazine rings is 1. The Balaban J connectivity index is 1.55. The zero-order valence-electron chi connectivity index (χ0n) is 13.2. The molecule has 3 aliphatic rings. The zero-order valence-corrected chi connectivity index (χ0v) is 13.2. The van der Waals surface area contributed by atoms with Gasteiger partial charge in [0.25, 0.3) is 5.91 Å². The number of fused-ring (bicyclic) bond motifs is 1. The number of nitrogens with zero attached hydrogens (tertiary/aromatic N) is 3. The van der Waals surface area contributed by atoms with Crippen LogP contribution in [0.5, 0.6) is 0 Å². The van der Waals surface area contributed by atoms with E-state index in [1.165, 1.54) is 4.90 Å². The number of piperidine rings is 1. The van der Waals surface area contributed by atoms with Crippen molar-refractivity contribution in [2.75, 3.05) is 31.1 Å². The van der Waals surface area contributed by atoms with Gasteiger partial charge in [0.15, 0.2) is 0 Å². The van der Waals surface area contributed by atoms with Crippen LogP contribution < -0.4 is 15.5 Å². The highest BCUT2D eigenvalue weighted by atomic mass is 16.2. The number of aromatic nitrogens is 1. The second-order valence-electron chi connectivity index (χ2n) is 6.30. The quantitative estimate of drug-likeness (QED) is 0.694. The number of amides is 3. The van der Waals surface area contributed by atoms with Crippen molar-refractivity contribution in [1.29, 1.82) is 0 Å².